The van der Waals surface area contributed by atoms with Crippen LogP contribution in [0, 0.1) is 12.7 Å². The van der Waals surface area contributed by atoms with Crippen molar-refractivity contribution >= 4 is 23.3 Å². The van der Waals surface area contributed by atoms with E-state index in [1.807, 2.05) is 32.2 Å². The van der Waals surface area contributed by atoms with Gasteiger partial charge in [-0.2, -0.15) is 0 Å². The summed E-state index contributed by atoms with van der Waals surface area (Å²) in [6.07, 6.45) is 0.770. The molecule has 0 spiro atoms. The van der Waals surface area contributed by atoms with Gasteiger partial charge in [0.15, 0.2) is 0 Å². The molecule has 0 atom stereocenters. The highest BCUT2D eigenvalue weighted by molar-refractivity contribution is 7.10. The van der Waals surface area contributed by atoms with Gasteiger partial charge in [0, 0.05) is 24.5 Å². The van der Waals surface area contributed by atoms with Gasteiger partial charge in [0.25, 0.3) is 0 Å². The van der Waals surface area contributed by atoms with E-state index in [9.17, 15) is 14.0 Å². The molecule has 1 aromatic heterocycles. The largest absolute Gasteiger partial charge is 0.338 e. The number of aryl methyl sites for hydroxylation is 1. The minimum Gasteiger partial charge on any atom is -0.338 e. The van der Waals surface area contributed by atoms with Crippen LogP contribution in [0.3, 0.4) is 0 Å². The summed E-state index contributed by atoms with van der Waals surface area (Å²) in [5, 5.41) is 4.77. The average Bonchev–Trinajstić information content (AvgIpc) is 3.07. The number of thiophene rings is 1. The minimum absolute atomic E-state index is 0.0191. The van der Waals surface area contributed by atoms with Crippen LogP contribution in [0.1, 0.15) is 36.3 Å². The Bertz CT molecular complexity index is 776. The van der Waals surface area contributed by atoms with Gasteiger partial charge in [-0.05, 0) is 55.0 Å². The lowest BCUT2D eigenvalue weighted by molar-refractivity contribution is -0.133. The van der Waals surface area contributed by atoms with E-state index >= 15 is 0 Å². The smallest absolute Gasteiger partial charge is 0.317 e. The van der Waals surface area contributed by atoms with Crippen molar-refractivity contribution in [2.24, 2.45) is 0 Å². The average molecular weight is 406 g/mol. The Labute approximate surface area is 170 Å². The number of carbonyl (C=O) groups is 2. The third-order valence-electron chi connectivity index (χ3n) is 4.38. The first-order valence-electron chi connectivity index (χ1n) is 9.52. The third-order valence-corrected chi connectivity index (χ3v) is 5.38. The number of halogens is 1. The number of carbonyl (C=O) groups excluding carboxylic acids is 2. The van der Waals surface area contributed by atoms with Gasteiger partial charge in [-0.3, -0.25) is 4.79 Å². The first-order chi connectivity index (χ1) is 13.4. The number of amides is 3. The molecule has 152 valence electrons. The highest BCUT2D eigenvalue weighted by Gasteiger charge is 2.22. The number of nitrogens with one attached hydrogen (secondary N) is 1. The van der Waals surface area contributed by atoms with Gasteiger partial charge in [-0.15, -0.1) is 11.3 Å². The molecule has 5 nitrogen and oxygen atoms in total. The highest BCUT2D eigenvalue weighted by atomic mass is 32.1. The van der Waals surface area contributed by atoms with Crippen LogP contribution in [0.4, 0.5) is 9.18 Å². The lowest BCUT2D eigenvalue weighted by Crippen LogP contribution is -2.46. The molecule has 3 amide bonds. The van der Waals surface area contributed by atoms with Crippen LogP contribution in [0.2, 0.25) is 0 Å². The summed E-state index contributed by atoms with van der Waals surface area (Å²) in [5.41, 5.74) is 1.99. The number of benzene rings is 1. The van der Waals surface area contributed by atoms with Gasteiger partial charge in [-0.25, -0.2) is 9.18 Å². The monoisotopic (exact) mass is 405 g/mol. The van der Waals surface area contributed by atoms with Crippen LogP contribution in [-0.4, -0.2) is 41.4 Å². The Kier molecular flexibility index (Phi) is 8.44. The topological polar surface area (TPSA) is 52.7 Å². The molecule has 7 heteroatoms. The molecule has 0 fully saturated rings. The molecular formula is C21H28FN3O2S. The molecule has 1 heterocycles. The van der Waals surface area contributed by atoms with Crippen LogP contribution in [-0.2, 0) is 17.9 Å². The van der Waals surface area contributed by atoms with Crippen LogP contribution < -0.4 is 5.32 Å². The van der Waals surface area contributed by atoms with Crippen molar-refractivity contribution in [3.05, 3.63) is 57.5 Å². The van der Waals surface area contributed by atoms with Gasteiger partial charge in [0.05, 0.1) is 6.54 Å². The number of hydrogen-bond donors (Lipinski definition) is 1. The van der Waals surface area contributed by atoms with Crippen LogP contribution in [0.25, 0.3) is 0 Å². The van der Waals surface area contributed by atoms with Gasteiger partial charge >= 0.3 is 6.03 Å². The van der Waals surface area contributed by atoms with Gasteiger partial charge < -0.3 is 15.1 Å². The molecule has 2 rings (SSSR count). The number of rotatable bonds is 9. The maximum atomic E-state index is 13.2. The minimum atomic E-state index is -0.305. The van der Waals surface area contributed by atoms with Gasteiger partial charge in [0.2, 0.25) is 5.91 Å². The van der Waals surface area contributed by atoms with Crippen molar-refractivity contribution in [2.75, 3.05) is 19.6 Å². The molecule has 2 aromatic rings. The zero-order valence-corrected chi connectivity index (χ0v) is 17.5. The lowest BCUT2D eigenvalue weighted by atomic mass is 10.2. The van der Waals surface area contributed by atoms with Crippen LogP contribution >= 0.6 is 11.3 Å². The van der Waals surface area contributed by atoms with Gasteiger partial charge in [-0.1, -0.05) is 19.1 Å². The second kappa shape index (κ2) is 10.8. The first-order valence-corrected chi connectivity index (χ1v) is 10.4. The summed E-state index contributed by atoms with van der Waals surface area (Å²) in [4.78, 5) is 29.7. The fourth-order valence-corrected chi connectivity index (χ4v) is 3.75. The van der Waals surface area contributed by atoms with E-state index in [2.05, 4.69) is 5.32 Å². The summed E-state index contributed by atoms with van der Waals surface area (Å²) in [6, 6.07) is 7.96. The summed E-state index contributed by atoms with van der Waals surface area (Å²) in [5.74, 6) is -0.432. The van der Waals surface area contributed by atoms with Crippen molar-refractivity contribution in [3.63, 3.8) is 0 Å². The maximum absolute atomic E-state index is 13.2. The van der Waals surface area contributed by atoms with E-state index < -0.39 is 0 Å². The molecule has 0 saturated carbocycles. The van der Waals surface area contributed by atoms with E-state index in [4.69, 9.17) is 0 Å². The van der Waals surface area contributed by atoms with Crippen molar-refractivity contribution in [3.8, 4) is 0 Å². The van der Waals surface area contributed by atoms with Crippen molar-refractivity contribution in [1.29, 1.82) is 0 Å². The summed E-state index contributed by atoms with van der Waals surface area (Å²) in [6.45, 7) is 7.73. The first kappa shape index (κ1) is 21.9. The molecule has 0 bridgehead atoms. The molecule has 0 aliphatic rings. The molecule has 0 aliphatic heterocycles. The van der Waals surface area contributed by atoms with E-state index in [1.165, 1.54) is 12.1 Å². The summed E-state index contributed by atoms with van der Waals surface area (Å²) in [7, 11) is 0. The van der Waals surface area contributed by atoms with Crippen molar-refractivity contribution in [2.45, 2.75) is 40.3 Å². The Hall–Kier alpha value is -2.41. The molecule has 0 aliphatic carbocycles. The Morgan fingerprint density at radius 3 is 2.36 bits per heavy atom. The predicted octanol–water partition coefficient (Wildman–Crippen LogP) is 4.17. The molecule has 0 radical (unpaired) electrons. The zero-order valence-electron chi connectivity index (χ0n) is 16.7. The second-order valence-corrected chi connectivity index (χ2v) is 7.66. The predicted molar refractivity (Wildman–Crippen MR) is 111 cm³/mol. The standard InChI is InChI=1S/C21H28FN3O2S/c1-4-11-24(21(27)23-5-2)15-20(26)25(14-19-16(3)10-12-28-19)13-17-6-8-18(22)9-7-17/h6-10,12H,4-5,11,13-15H2,1-3H3,(H,23,27). The highest BCUT2D eigenvalue weighted by Crippen LogP contribution is 2.20. The zero-order chi connectivity index (χ0) is 20.5. The van der Waals surface area contributed by atoms with Gasteiger partial charge in [0.1, 0.15) is 12.4 Å². The number of nitrogens with zero attached hydrogens (tertiary/aromatic N) is 2. The normalized spacial score (nSPS) is 10.6. The lowest BCUT2D eigenvalue weighted by Gasteiger charge is -2.27. The Morgan fingerprint density at radius 1 is 1.07 bits per heavy atom. The van der Waals surface area contributed by atoms with Crippen molar-refractivity contribution in [1.82, 2.24) is 15.1 Å². The summed E-state index contributed by atoms with van der Waals surface area (Å²) < 4.78 is 13.2. The van der Waals surface area contributed by atoms with E-state index in [0.29, 0.717) is 26.2 Å². The van der Waals surface area contributed by atoms with E-state index in [-0.39, 0.29) is 24.3 Å². The Balaban J connectivity index is 2.18. The van der Waals surface area contributed by atoms with Crippen LogP contribution in [0.5, 0.6) is 0 Å². The molecular weight excluding hydrogens is 377 g/mol. The third kappa shape index (κ3) is 6.34. The second-order valence-electron chi connectivity index (χ2n) is 6.66. The molecule has 0 saturated heterocycles. The fourth-order valence-electron chi connectivity index (χ4n) is 2.83. The summed E-state index contributed by atoms with van der Waals surface area (Å²) >= 11 is 1.61. The van der Waals surface area contributed by atoms with E-state index in [0.717, 1.165) is 22.4 Å². The van der Waals surface area contributed by atoms with E-state index in [1.54, 1.807) is 33.3 Å². The Morgan fingerprint density at radius 2 is 1.79 bits per heavy atom. The fraction of sp³-hybridized carbons (Fsp3) is 0.429. The number of hydrogen-bond acceptors (Lipinski definition) is 3. The van der Waals surface area contributed by atoms with Crippen LogP contribution in [0.15, 0.2) is 35.7 Å². The SMILES string of the molecule is CCCN(CC(=O)N(Cc1ccc(F)cc1)Cc1sccc1C)C(=O)NCC. The molecule has 1 aromatic carbocycles. The molecule has 28 heavy (non-hydrogen) atoms. The molecule has 1 N–H and O–H groups in total. The quantitative estimate of drug-likeness (QED) is 0.681. The molecule has 0 unspecified atom stereocenters. The van der Waals surface area contributed by atoms with Crippen molar-refractivity contribution < 1.29 is 14.0 Å². The number of urea groups is 1. The maximum Gasteiger partial charge on any atom is 0.317 e.